The Morgan fingerprint density at radius 1 is 0.449 bits per heavy atom. The summed E-state index contributed by atoms with van der Waals surface area (Å²) in [5.41, 5.74) is 0. The molecular formula is C69H120N2O6P+. The molecule has 0 rings (SSSR count). The van der Waals surface area contributed by atoms with Crippen LogP contribution in [0, 0.1) is 0 Å². The van der Waals surface area contributed by atoms with Gasteiger partial charge in [0, 0.05) is 6.42 Å². The molecule has 0 heterocycles. The van der Waals surface area contributed by atoms with Crippen molar-refractivity contribution >= 4 is 13.7 Å². The van der Waals surface area contributed by atoms with Gasteiger partial charge in [0.05, 0.1) is 39.9 Å². The van der Waals surface area contributed by atoms with Crippen LogP contribution in [-0.2, 0) is 18.4 Å². The van der Waals surface area contributed by atoms with Crippen LogP contribution in [0.25, 0.3) is 0 Å². The zero-order chi connectivity index (χ0) is 57.0. The topological polar surface area (TPSA) is 105 Å². The van der Waals surface area contributed by atoms with Crippen molar-refractivity contribution in [1.29, 1.82) is 0 Å². The fourth-order valence-corrected chi connectivity index (χ4v) is 9.21. The van der Waals surface area contributed by atoms with E-state index >= 15 is 0 Å². The number of phosphoric acid groups is 1. The van der Waals surface area contributed by atoms with Gasteiger partial charge in [0.25, 0.3) is 0 Å². The van der Waals surface area contributed by atoms with E-state index in [4.69, 9.17) is 9.05 Å². The van der Waals surface area contributed by atoms with Crippen molar-refractivity contribution in [3.63, 3.8) is 0 Å². The highest BCUT2D eigenvalue weighted by Crippen LogP contribution is 2.43. The maximum absolute atomic E-state index is 13.0. The molecule has 0 aliphatic carbocycles. The van der Waals surface area contributed by atoms with Gasteiger partial charge in [-0.1, -0.05) is 276 Å². The Kier molecular flexibility index (Phi) is 55.8. The second-order valence-corrected chi connectivity index (χ2v) is 23.5. The maximum atomic E-state index is 13.0. The second kappa shape index (κ2) is 58.3. The Bertz CT molecular complexity index is 1730. The molecule has 0 saturated heterocycles. The van der Waals surface area contributed by atoms with Crippen LogP contribution < -0.4 is 5.32 Å². The van der Waals surface area contributed by atoms with Gasteiger partial charge in [-0.2, -0.15) is 0 Å². The summed E-state index contributed by atoms with van der Waals surface area (Å²) in [6, 6.07) is -0.906. The number of hydrogen-bond donors (Lipinski definition) is 3. The molecule has 0 aliphatic heterocycles. The van der Waals surface area contributed by atoms with E-state index in [2.05, 4.69) is 141 Å². The van der Waals surface area contributed by atoms with Crippen LogP contribution >= 0.6 is 7.82 Å². The minimum atomic E-state index is -4.39. The third kappa shape index (κ3) is 60.3. The molecule has 0 aliphatic rings. The van der Waals surface area contributed by atoms with E-state index in [0.717, 1.165) is 83.5 Å². The van der Waals surface area contributed by atoms with Gasteiger partial charge in [0.15, 0.2) is 0 Å². The summed E-state index contributed by atoms with van der Waals surface area (Å²) >= 11 is 0. The molecule has 0 spiro atoms. The first-order valence-electron chi connectivity index (χ1n) is 31.6. The van der Waals surface area contributed by atoms with Crippen molar-refractivity contribution in [2.24, 2.45) is 0 Å². The molecule has 0 aromatic carbocycles. The highest BCUT2D eigenvalue weighted by atomic mass is 31.2. The number of rotatable bonds is 56. The molecule has 446 valence electrons. The van der Waals surface area contributed by atoms with E-state index < -0.39 is 20.0 Å². The first-order valence-corrected chi connectivity index (χ1v) is 33.1. The number of unbranched alkanes of at least 4 members (excludes halogenated alkanes) is 23. The summed E-state index contributed by atoms with van der Waals surface area (Å²) in [5, 5.41) is 13.9. The number of allylic oxidation sites excluding steroid dienone is 21. The number of carbonyl (C=O) groups excluding carboxylic acids is 1. The Morgan fingerprint density at radius 3 is 1.18 bits per heavy atom. The van der Waals surface area contributed by atoms with E-state index in [1.807, 2.05) is 27.2 Å². The smallest absolute Gasteiger partial charge is 0.387 e. The van der Waals surface area contributed by atoms with Gasteiger partial charge in [-0.3, -0.25) is 13.8 Å². The van der Waals surface area contributed by atoms with Gasteiger partial charge in [-0.25, -0.2) is 4.57 Å². The Labute approximate surface area is 481 Å². The number of quaternary nitrogens is 1. The van der Waals surface area contributed by atoms with Crippen LogP contribution in [0.3, 0.4) is 0 Å². The zero-order valence-corrected chi connectivity index (χ0v) is 51.7. The number of nitrogens with zero attached hydrogens (tertiary/aromatic N) is 1. The Hall–Kier alpha value is -3.36. The minimum absolute atomic E-state index is 0.0377. The second-order valence-electron chi connectivity index (χ2n) is 22.0. The fourth-order valence-electron chi connectivity index (χ4n) is 8.47. The lowest BCUT2D eigenvalue weighted by Crippen LogP contribution is -2.45. The average molecular weight is 1100 g/mol. The monoisotopic (exact) mass is 1100 g/mol. The molecule has 9 heteroatoms. The standard InChI is InChI=1S/C69H119N2O6P/c1-6-8-10-12-14-16-18-20-22-24-26-28-30-32-34-35-37-39-41-43-45-47-49-51-53-55-57-59-61-63-69(73)70-67(66-77-78(74,75)76-65-64-71(3,4)5)68(72)62-60-58-56-54-52-50-48-46-44-42-40-38-36-33-31-29-27-25-23-21-19-17-15-13-11-9-7-2/h8,10,14,16,20,22,26,28,32,34,37,39,43,45,49,51-52,54-55,57,60,62,67-68,72H,6-7,9,11-13,15,17-19,21,23-25,27,29-31,33,35-36,38,40-42,44,46-48,50,53,56,58-59,61,63-66H2,1-5H3,(H-,70,73,74,75)/p+1/b10-8-,16-14-,22-20-,28-26-,34-32-,39-37-,45-43-,51-49-,54-52+,57-55-,62-60+. The third-order valence-electron chi connectivity index (χ3n) is 13.4. The number of likely N-dealkylation sites (N-methyl/N-ethyl adjacent to an activating group) is 1. The minimum Gasteiger partial charge on any atom is -0.387 e. The first kappa shape index (κ1) is 74.6. The van der Waals surface area contributed by atoms with Gasteiger partial charge in [0.1, 0.15) is 13.2 Å². The molecule has 0 fully saturated rings. The van der Waals surface area contributed by atoms with E-state index in [-0.39, 0.29) is 25.5 Å². The van der Waals surface area contributed by atoms with Crippen LogP contribution in [0.2, 0.25) is 0 Å². The quantitative estimate of drug-likeness (QED) is 0.0243. The molecule has 78 heavy (non-hydrogen) atoms. The third-order valence-corrected chi connectivity index (χ3v) is 14.3. The summed E-state index contributed by atoms with van der Waals surface area (Å²) in [7, 11) is 1.50. The van der Waals surface area contributed by atoms with Gasteiger partial charge < -0.3 is 19.8 Å². The summed E-state index contributed by atoms with van der Waals surface area (Å²) in [4.78, 5) is 23.3. The van der Waals surface area contributed by atoms with E-state index in [9.17, 15) is 19.4 Å². The van der Waals surface area contributed by atoms with Crippen molar-refractivity contribution < 1.29 is 32.9 Å². The maximum Gasteiger partial charge on any atom is 0.472 e. The Balaban J connectivity index is 4.35. The molecule has 1 amide bonds. The summed E-state index contributed by atoms with van der Waals surface area (Å²) < 4.78 is 23.7. The Morgan fingerprint density at radius 2 is 0.782 bits per heavy atom. The molecule has 0 saturated carbocycles. The van der Waals surface area contributed by atoms with Crippen LogP contribution in [0.15, 0.2) is 134 Å². The molecule has 0 bridgehead atoms. The lowest BCUT2D eigenvalue weighted by Gasteiger charge is -2.25. The van der Waals surface area contributed by atoms with Crippen LogP contribution in [-0.4, -0.2) is 73.4 Å². The van der Waals surface area contributed by atoms with E-state index in [1.54, 1.807) is 6.08 Å². The number of nitrogens with one attached hydrogen (secondary N) is 1. The normalized spacial score (nSPS) is 14.7. The van der Waals surface area contributed by atoms with Crippen molar-refractivity contribution in [2.75, 3.05) is 40.9 Å². The molecule has 0 radical (unpaired) electrons. The lowest BCUT2D eigenvalue weighted by atomic mass is 10.0. The number of aliphatic hydroxyl groups is 1. The molecule has 3 atom stereocenters. The highest BCUT2D eigenvalue weighted by Gasteiger charge is 2.27. The molecule has 3 N–H and O–H groups in total. The molecular weight excluding hydrogens is 984 g/mol. The SMILES string of the molecule is CC/C=C\C/C=C\C/C=C\C/C=C\C/C=C\C/C=C\C/C=C\C/C=C\C/C=C\CCCC(=O)NC(COP(=O)(O)OCC[N+](C)(C)C)C(O)/C=C/CC/C=C/CCCCCCCCCCCCCCCCCCCCCCC. The van der Waals surface area contributed by atoms with Gasteiger partial charge >= 0.3 is 7.82 Å². The highest BCUT2D eigenvalue weighted by molar-refractivity contribution is 7.47. The number of phosphoric ester groups is 1. The van der Waals surface area contributed by atoms with Gasteiger partial charge in [-0.15, -0.1) is 0 Å². The van der Waals surface area contributed by atoms with E-state index in [1.165, 1.54) is 135 Å². The number of carbonyl (C=O) groups is 1. The van der Waals surface area contributed by atoms with Crippen molar-refractivity contribution in [2.45, 2.75) is 257 Å². The van der Waals surface area contributed by atoms with Crippen LogP contribution in [0.4, 0.5) is 0 Å². The lowest BCUT2D eigenvalue weighted by molar-refractivity contribution is -0.870. The summed E-state index contributed by atoms with van der Waals surface area (Å²) in [6.45, 7) is 4.64. The van der Waals surface area contributed by atoms with Crippen LogP contribution in [0.5, 0.6) is 0 Å². The first-order chi connectivity index (χ1) is 38.0. The van der Waals surface area contributed by atoms with Crippen molar-refractivity contribution in [3.05, 3.63) is 134 Å². The van der Waals surface area contributed by atoms with E-state index in [0.29, 0.717) is 17.4 Å². The largest absolute Gasteiger partial charge is 0.472 e. The predicted molar refractivity (Wildman–Crippen MR) is 341 cm³/mol. The number of amides is 1. The molecule has 8 nitrogen and oxygen atoms in total. The fraction of sp³-hybridized carbons (Fsp3) is 0.667. The van der Waals surface area contributed by atoms with Gasteiger partial charge in [0.2, 0.25) is 5.91 Å². The number of hydrogen-bond acceptors (Lipinski definition) is 5. The summed E-state index contributed by atoms with van der Waals surface area (Å²) in [6.07, 6.45) is 88.7. The predicted octanol–water partition coefficient (Wildman–Crippen LogP) is 19.9. The van der Waals surface area contributed by atoms with Crippen LogP contribution in [0.1, 0.15) is 245 Å². The summed E-state index contributed by atoms with van der Waals surface area (Å²) in [5.74, 6) is -0.248. The molecule has 0 aromatic heterocycles. The van der Waals surface area contributed by atoms with Gasteiger partial charge in [-0.05, 0) is 96.3 Å². The molecule has 0 aromatic rings. The molecule has 3 unspecified atom stereocenters. The average Bonchev–Trinajstić information content (AvgIpc) is 3.41. The van der Waals surface area contributed by atoms with Crippen molar-refractivity contribution in [3.8, 4) is 0 Å². The van der Waals surface area contributed by atoms with Crippen molar-refractivity contribution in [1.82, 2.24) is 5.32 Å². The zero-order valence-electron chi connectivity index (χ0n) is 50.9. The number of aliphatic hydroxyl groups excluding tert-OH is 1.